The molecule has 6 nitrogen and oxygen atoms in total. The van der Waals surface area contributed by atoms with Crippen LogP contribution in [0.5, 0.6) is 0 Å². The van der Waals surface area contributed by atoms with Crippen molar-refractivity contribution in [3.8, 4) is 0 Å². The molecule has 4 rings (SSSR count). The highest BCUT2D eigenvalue weighted by molar-refractivity contribution is 7.91. The fourth-order valence-electron chi connectivity index (χ4n) is 3.20. The first-order valence-electron chi connectivity index (χ1n) is 8.60. The maximum Gasteiger partial charge on any atom is 0.202 e. The van der Waals surface area contributed by atoms with Gasteiger partial charge in [0.05, 0.1) is 16.3 Å². The maximum atomic E-state index is 12.5. The minimum absolute atomic E-state index is 0.0815. The molecule has 2 aliphatic rings. The second kappa shape index (κ2) is 6.92. The molecule has 0 aliphatic carbocycles. The fraction of sp³-hybridized carbons (Fsp3) is 0.263. The van der Waals surface area contributed by atoms with Gasteiger partial charge < -0.3 is 9.80 Å². The van der Waals surface area contributed by atoms with Crippen molar-refractivity contribution in [2.24, 2.45) is 4.99 Å². The number of aliphatic imine (C=N–C) groups is 1. The van der Waals surface area contributed by atoms with E-state index < -0.39 is 9.84 Å². The standard InChI is InChI=1S/C19H20N4O2S/c24-26(25,17-4-2-1-3-5-17)15-14-23-13-12-22-11-8-18(21-19(22)23)16-6-9-20-10-7-16/h1-10H,11-15H2. The number of guanidine groups is 1. The second-order valence-corrected chi connectivity index (χ2v) is 8.41. The van der Waals surface area contributed by atoms with E-state index in [2.05, 4.69) is 20.9 Å². The van der Waals surface area contributed by atoms with Gasteiger partial charge in [0, 0.05) is 44.1 Å². The largest absolute Gasteiger partial charge is 0.340 e. The summed E-state index contributed by atoms with van der Waals surface area (Å²) >= 11 is 0. The lowest BCUT2D eigenvalue weighted by Gasteiger charge is -2.26. The molecule has 0 radical (unpaired) electrons. The molecule has 0 spiro atoms. The third kappa shape index (κ3) is 3.35. The van der Waals surface area contributed by atoms with Crippen molar-refractivity contribution in [1.82, 2.24) is 14.8 Å². The van der Waals surface area contributed by atoms with Gasteiger partial charge in [0.25, 0.3) is 0 Å². The van der Waals surface area contributed by atoms with E-state index in [9.17, 15) is 8.42 Å². The number of hydrogen-bond donors (Lipinski definition) is 0. The van der Waals surface area contributed by atoms with E-state index in [4.69, 9.17) is 4.99 Å². The van der Waals surface area contributed by atoms with Crippen LogP contribution >= 0.6 is 0 Å². The lowest BCUT2D eigenvalue weighted by atomic mass is 10.2. The van der Waals surface area contributed by atoms with Crippen LogP contribution in [-0.2, 0) is 9.84 Å². The zero-order valence-corrected chi connectivity index (χ0v) is 15.1. The highest BCUT2D eigenvalue weighted by Crippen LogP contribution is 2.23. The molecule has 1 aromatic carbocycles. The number of sulfone groups is 1. The van der Waals surface area contributed by atoms with Crippen LogP contribution in [-0.4, -0.2) is 61.1 Å². The first kappa shape index (κ1) is 16.8. The normalized spacial score (nSPS) is 16.9. The van der Waals surface area contributed by atoms with Crippen LogP contribution in [0.25, 0.3) is 5.70 Å². The van der Waals surface area contributed by atoms with Crippen LogP contribution in [0.15, 0.2) is 70.8 Å². The number of hydrogen-bond acceptors (Lipinski definition) is 6. The van der Waals surface area contributed by atoms with E-state index in [0.717, 1.165) is 36.9 Å². The Hall–Kier alpha value is -2.67. The summed E-state index contributed by atoms with van der Waals surface area (Å²) in [7, 11) is -3.29. The Balaban J connectivity index is 1.50. The average Bonchev–Trinajstić information content (AvgIpc) is 3.10. The van der Waals surface area contributed by atoms with Crippen LogP contribution < -0.4 is 0 Å². The number of benzene rings is 1. The van der Waals surface area contributed by atoms with Crippen molar-refractivity contribution in [2.45, 2.75) is 4.90 Å². The van der Waals surface area contributed by atoms with Crippen molar-refractivity contribution in [3.05, 3.63) is 66.5 Å². The first-order valence-corrected chi connectivity index (χ1v) is 10.3. The third-order valence-corrected chi connectivity index (χ3v) is 6.35. The van der Waals surface area contributed by atoms with Gasteiger partial charge in [-0.15, -0.1) is 0 Å². The molecule has 0 saturated carbocycles. The van der Waals surface area contributed by atoms with Gasteiger partial charge in [-0.2, -0.15) is 0 Å². The van der Waals surface area contributed by atoms with Gasteiger partial charge in [-0.1, -0.05) is 18.2 Å². The molecule has 2 aliphatic heterocycles. The number of nitrogens with zero attached hydrogens (tertiary/aromatic N) is 4. The minimum atomic E-state index is -3.29. The number of aromatic nitrogens is 1. The van der Waals surface area contributed by atoms with Gasteiger partial charge >= 0.3 is 0 Å². The van der Waals surface area contributed by atoms with Gasteiger partial charge in [0.1, 0.15) is 0 Å². The average molecular weight is 368 g/mol. The van der Waals surface area contributed by atoms with E-state index in [1.54, 1.807) is 36.7 Å². The SMILES string of the molecule is O=S(=O)(CCN1CCN2CC=C(c3ccncc3)N=C21)c1ccccc1. The monoisotopic (exact) mass is 368 g/mol. The molecule has 0 unspecified atom stereocenters. The van der Waals surface area contributed by atoms with Crippen molar-refractivity contribution in [1.29, 1.82) is 0 Å². The highest BCUT2D eigenvalue weighted by atomic mass is 32.2. The Morgan fingerprint density at radius 2 is 1.77 bits per heavy atom. The van der Waals surface area contributed by atoms with E-state index in [1.165, 1.54) is 0 Å². The fourth-order valence-corrected chi connectivity index (χ4v) is 4.47. The van der Waals surface area contributed by atoms with Crippen molar-refractivity contribution < 1.29 is 8.42 Å². The Bertz CT molecular complexity index is 940. The Labute approximate surface area is 153 Å². The summed E-state index contributed by atoms with van der Waals surface area (Å²) in [5.74, 6) is 0.945. The lowest BCUT2D eigenvalue weighted by Crippen LogP contribution is -2.37. The predicted octanol–water partition coefficient (Wildman–Crippen LogP) is 1.88. The molecule has 0 amide bonds. The van der Waals surface area contributed by atoms with Gasteiger partial charge in [0.15, 0.2) is 9.84 Å². The molecule has 3 heterocycles. The van der Waals surface area contributed by atoms with E-state index >= 15 is 0 Å². The summed E-state index contributed by atoms with van der Waals surface area (Å²) in [5, 5.41) is 0. The zero-order valence-electron chi connectivity index (χ0n) is 14.3. The van der Waals surface area contributed by atoms with Crippen molar-refractivity contribution >= 4 is 21.5 Å². The Kier molecular flexibility index (Phi) is 4.46. The van der Waals surface area contributed by atoms with E-state index in [-0.39, 0.29) is 5.75 Å². The molecule has 1 fully saturated rings. The lowest BCUT2D eigenvalue weighted by molar-refractivity contribution is 0.485. The van der Waals surface area contributed by atoms with Crippen LogP contribution in [0, 0.1) is 0 Å². The number of fused-ring (bicyclic) bond motifs is 1. The second-order valence-electron chi connectivity index (χ2n) is 6.30. The summed E-state index contributed by atoms with van der Waals surface area (Å²) < 4.78 is 25.1. The molecule has 7 heteroatoms. The molecule has 0 N–H and O–H groups in total. The number of pyridine rings is 1. The molecule has 1 aromatic heterocycles. The van der Waals surface area contributed by atoms with Crippen LogP contribution in [0.4, 0.5) is 0 Å². The zero-order chi connectivity index (χ0) is 18.0. The molecule has 0 atom stereocenters. The Morgan fingerprint density at radius 3 is 2.54 bits per heavy atom. The van der Waals surface area contributed by atoms with Crippen LogP contribution in [0.2, 0.25) is 0 Å². The first-order chi connectivity index (χ1) is 12.6. The van der Waals surface area contributed by atoms with Gasteiger partial charge in [0.2, 0.25) is 5.96 Å². The molecule has 0 bridgehead atoms. The molecule has 1 saturated heterocycles. The highest BCUT2D eigenvalue weighted by Gasteiger charge is 2.29. The maximum absolute atomic E-state index is 12.5. The van der Waals surface area contributed by atoms with Gasteiger partial charge in [-0.25, -0.2) is 13.4 Å². The molecule has 26 heavy (non-hydrogen) atoms. The van der Waals surface area contributed by atoms with Crippen molar-refractivity contribution in [3.63, 3.8) is 0 Å². The van der Waals surface area contributed by atoms with Crippen LogP contribution in [0.3, 0.4) is 0 Å². The Morgan fingerprint density at radius 1 is 1.00 bits per heavy atom. The van der Waals surface area contributed by atoms with Gasteiger partial charge in [-0.05, 0) is 30.3 Å². The smallest absolute Gasteiger partial charge is 0.202 e. The quantitative estimate of drug-likeness (QED) is 0.806. The summed E-state index contributed by atoms with van der Waals surface area (Å²) in [6, 6.07) is 12.5. The summed E-state index contributed by atoms with van der Waals surface area (Å²) in [4.78, 5) is 13.4. The number of rotatable bonds is 5. The van der Waals surface area contributed by atoms with Crippen molar-refractivity contribution in [2.75, 3.05) is 31.9 Å². The summed E-state index contributed by atoms with van der Waals surface area (Å²) in [6.45, 7) is 2.89. The van der Waals surface area contributed by atoms with Gasteiger partial charge in [-0.3, -0.25) is 4.98 Å². The molecular formula is C19H20N4O2S. The molecule has 2 aromatic rings. The third-order valence-electron chi connectivity index (χ3n) is 4.64. The predicted molar refractivity (Wildman–Crippen MR) is 101 cm³/mol. The topological polar surface area (TPSA) is 65.9 Å². The van der Waals surface area contributed by atoms with E-state index in [0.29, 0.717) is 11.4 Å². The molecular weight excluding hydrogens is 348 g/mol. The minimum Gasteiger partial charge on any atom is -0.340 e. The molecule has 134 valence electrons. The van der Waals surface area contributed by atoms with Crippen LogP contribution in [0.1, 0.15) is 5.56 Å². The van der Waals surface area contributed by atoms with E-state index in [1.807, 2.05) is 18.2 Å². The summed E-state index contributed by atoms with van der Waals surface area (Å²) in [6.07, 6.45) is 5.60. The summed E-state index contributed by atoms with van der Waals surface area (Å²) in [5.41, 5.74) is 1.94.